The summed E-state index contributed by atoms with van der Waals surface area (Å²) >= 11 is 12.1. The summed E-state index contributed by atoms with van der Waals surface area (Å²) in [4.78, 5) is 12.9. The highest BCUT2D eigenvalue weighted by Gasteiger charge is 2.33. The number of nitrogens with zero attached hydrogens (tertiary/aromatic N) is 2. The molecule has 2 heterocycles. The first-order chi connectivity index (χ1) is 13.7. The molecule has 0 saturated carbocycles. The molecule has 150 valence electrons. The predicted molar refractivity (Wildman–Crippen MR) is 114 cm³/mol. The molecule has 1 amide bonds. The molecule has 3 aromatic rings. The Kier molecular flexibility index (Phi) is 4.93. The number of sulfone groups is 1. The first-order valence-corrected chi connectivity index (χ1v) is 11.4. The molecule has 0 radical (unpaired) electrons. The first kappa shape index (κ1) is 19.9. The zero-order valence-electron chi connectivity index (χ0n) is 15.7. The molecule has 9 heteroatoms. The summed E-state index contributed by atoms with van der Waals surface area (Å²) in [5.41, 5.74) is 4.00. The van der Waals surface area contributed by atoms with Gasteiger partial charge in [-0.25, -0.2) is 13.1 Å². The van der Waals surface area contributed by atoms with E-state index in [1.807, 2.05) is 32.0 Å². The van der Waals surface area contributed by atoms with Crippen molar-refractivity contribution in [3.63, 3.8) is 0 Å². The Morgan fingerprint density at radius 3 is 2.62 bits per heavy atom. The zero-order valence-corrected chi connectivity index (χ0v) is 18.0. The van der Waals surface area contributed by atoms with Crippen molar-refractivity contribution in [3.05, 3.63) is 74.4 Å². The highest BCUT2D eigenvalue weighted by atomic mass is 35.5. The predicted octanol–water partition coefficient (Wildman–Crippen LogP) is 4.48. The second kappa shape index (κ2) is 7.16. The van der Waals surface area contributed by atoms with Gasteiger partial charge in [-0.05, 0) is 49.2 Å². The molecule has 6 nitrogen and oxygen atoms in total. The van der Waals surface area contributed by atoms with Crippen LogP contribution in [0.4, 0.5) is 5.82 Å². The maximum absolute atomic E-state index is 12.9. The van der Waals surface area contributed by atoms with Crippen molar-refractivity contribution in [3.8, 4) is 5.69 Å². The average Bonchev–Trinajstić information content (AvgIpc) is 3.10. The van der Waals surface area contributed by atoms with E-state index in [9.17, 15) is 13.2 Å². The molecule has 0 bridgehead atoms. The molecular formula is C20H17Cl2N3O3S. The van der Waals surface area contributed by atoms with E-state index in [1.54, 1.807) is 10.7 Å². The Morgan fingerprint density at radius 1 is 1.14 bits per heavy atom. The van der Waals surface area contributed by atoms with Gasteiger partial charge in [-0.1, -0.05) is 35.3 Å². The number of carbonyl (C=O) groups is 1. The number of anilines is 1. The van der Waals surface area contributed by atoms with Crippen LogP contribution >= 0.6 is 23.2 Å². The van der Waals surface area contributed by atoms with Crippen molar-refractivity contribution >= 4 is 44.8 Å². The molecule has 0 spiro atoms. The van der Waals surface area contributed by atoms with E-state index in [1.165, 1.54) is 12.1 Å². The van der Waals surface area contributed by atoms with Crippen LogP contribution in [0.1, 0.15) is 32.7 Å². The van der Waals surface area contributed by atoms with Gasteiger partial charge in [-0.3, -0.25) is 4.79 Å². The summed E-state index contributed by atoms with van der Waals surface area (Å²) < 4.78 is 25.8. The van der Waals surface area contributed by atoms with Crippen LogP contribution in [0.5, 0.6) is 0 Å². The SMILES string of the molecule is Cc1cccc(-n2nc3c(c2NC(=O)c2ccc(Cl)cc2Cl)CS(=O)(=O)C3)c1C. The van der Waals surface area contributed by atoms with Crippen molar-refractivity contribution in [2.45, 2.75) is 25.4 Å². The van der Waals surface area contributed by atoms with Gasteiger partial charge in [0.15, 0.2) is 9.84 Å². The van der Waals surface area contributed by atoms with E-state index in [2.05, 4.69) is 10.4 Å². The topological polar surface area (TPSA) is 81.1 Å². The van der Waals surface area contributed by atoms with Crippen LogP contribution in [0.2, 0.25) is 10.0 Å². The molecule has 0 aliphatic carbocycles. The molecule has 1 aliphatic rings. The summed E-state index contributed by atoms with van der Waals surface area (Å²) in [7, 11) is -3.29. The fourth-order valence-corrected chi connectivity index (χ4v) is 5.35. The molecule has 1 aromatic heterocycles. The largest absolute Gasteiger partial charge is 0.306 e. The van der Waals surface area contributed by atoms with Gasteiger partial charge in [0.05, 0.1) is 33.5 Å². The fourth-order valence-electron chi connectivity index (χ4n) is 3.36. The Hall–Kier alpha value is -2.35. The normalized spacial score (nSPS) is 14.6. The van der Waals surface area contributed by atoms with Crippen molar-refractivity contribution in [1.29, 1.82) is 0 Å². The van der Waals surface area contributed by atoms with Crippen molar-refractivity contribution in [1.82, 2.24) is 9.78 Å². The molecule has 0 saturated heterocycles. The molecule has 29 heavy (non-hydrogen) atoms. The van der Waals surface area contributed by atoms with E-state index >= 15 is 0 Å². The van der Waals surface area contributed by atoms with Crippen LogP contribution in [-0.2, 0) is 21.3 Å². The number of hydrogen-bond acceptors (Lipinski definition) is 4. The van der Waals surface area contributed by atoms with E-state index < -0.39 is 15.7 Å². The van der Waals surface area contributed by atoms with Crippen LogP contribution in [0.25, 0.3) is 5.69 Å². The van der Waals surface area contributed by atoms with Gasteiger partial charge in [0.2, 0.25) is 0 Å². The summed E-state index contributed by atoms with van der Waals surface area (Å²) in [6.07, 6.45) is 0. The monoisotopic (exact) mass is 449 g/mol. The molecule has 4 rings (SSSR count). The Labute approximate surface area is 178 Å². The number of fused-ring (bicyclic) bond motifs is 1. The Bertz CT molecular complexity index is 1270. The molecular weight excluding hydrogens is 433 g/mol. The van der Waals surface area contributed by atoms with Crippen LogP contribution in [0.3, 0.4) is 0 Å². The molecule has 0 fully saturated rings. The van der Waals surface area contributed by atoms with Crippen molar-refractivity contribution in [2.75, 3.05) is 5.32 Å². The second-order valence-electron chi connectivity index (χ2n) is 7.02. The highest BCUT2D eigenvalue weighted by Crippen LogP contribution is 2.34. The first-order valence-electron chi connectivity index (χ1n) is 8.80. The third-order valence-corrected chi connectivity index (χ3v) is 6.99. The third-order valence-electron chi connectivity index (χ3n) is 5.00. The van der Waals surface area contributed by atoms with Gasteiger partial charge in [-0.15, -0.1) is 0 Å². The van der Waals surface area contributed by atoms with Gasteiger partial charge >= 0.3 is 0 Å². The van der Waals surface area contributed by atoms with Crippen LogP contribution in [0.15, 0.2) is 36.4 Å². The van der Waals surface area contributed by atoms with Crippen molar-refractivity contribution in [2.24, 2.45) is 0 Å². The molecule has 1 N–H and O–H groups in total. The zero-order chi connectivity index (χ0) is 20.9. The maximum Gasteiger partial charge on any atom is 0.258 e. The smallest absolute Gasteiger partial charge is 0.258 e. The van der Waals surface area contributed by atoms with E-state index in [0.29, 0.717) is 22.1 Å². The minimum atomic E-state index is -3.29. The number of halogens is 2. The number of rotatable bonds is 3. The summed E-state index contributed by atoms with van der Waals surface area (Å²) in [6.45, 7) is 3.93. The van der Waals surface area contributed by atoms with Gasteiger partial charge in [0.25, 0.3) is 5.91 Å². The van der Waals surface area contributed by atoms with E-state index in [-0.39, 0.29) is 22.1 Å². The van der Waals surface area contributed by atoms with Gasteiger partial charge in [0.1, 0.15) is 5.82 Å². The van der Waals surface area contributed by atoms with Crippen LogP contribution in [0, 0.1) is 13.8 Å². The number of nitrogens with one attached hydrogen (secondary N) is 1. The summed E-state index contributed by atoms with van der Waals surface area (Å²) in [6, 6.07) is 10.3. The lowest BCUT2D eigenvalue weighted by Crippen LogP contribution is -2.17. The Morgan fingerprint density at radius 2 is 1.90 bits per heavy atom. The summed E-state index contributed by atoms with van der Waals surface area (Å²) in [5.74, 6) is -0.446. The highest BCUT2D eigenvalue weighted by molar-refractivity contribution is 7.90. The van der Waals surface area contributed by atoms with Gasteiger partial charge in [0, 0.05) is 10.6 Å². The maximum atomic E-state index is 12.9. The van der Waals surface area contributed by atoms with Crippen LogP contribution in [-0.4, -0.2) is 24.1 Å². The van der Waals surface area contributed by atoms with Crippen LogP contribution < -0.4 is 5.32 Å². The number of amides is 1. The molecule has 2 aromatic carbocycles. The lowest BCUT2D eigenvalue weighted by molar-refractivity contribution is 0.102. The number of aryl methyl sites for hydroxylation is 1. The minimum absolute atomic E-state index is 0.148. The second-order valence-corrected chi connectivity index (χ2v) is 9.92. The number of hydrogen-bond donors (Lipinski definition) is 1. The van der Waals surface area contributed by atoms with Gasteiger partial charge < -0.3 is 5.32 Å². The third kappa shape index (κ3) is 3.66. The fraction of sp³-hybridized carbons (Fsp3) is 0.200. The Balaban J connectivity index is 1.83. The number of carbonyl (C=O) groups excluding carboxylic acids is 1. The summed E-state index contributed by atoms with van der Waals surface area (Å²) in [5, 5.41) is 7.95. The van der Waals surface area contributed by atoms with Gasteiger partial charge in [-0.2, -0.15) is 5.10 Å². The van der Waals surface area contributed by atoms with E-state index in [4.69, 9.17) is 23.2 Å². The molecule has 0 unspecified atom stereocenters. The minimum Gasteiger partial charge on any atom is -0.306 e. The lowest BCUT2D eigenvalue weighted by atomic mass is 10.1. The quantitative estimate of drug-likeness (QED) is 0.638. The standard InChI is InChI=1S/C20H17Cl2N3O3S/c1-11-4-3-5-18(12(11)2)25-19(15-9-29(27,28)10-17(15)24-25)23-20(26)14-7-6-13(21)8-16(14)22/h3-8H,9-10H2,1-2H3,(H,23,26). The average molecular weight is 450 g/mol. The molecule has 0 atom stereocenters. The number of benzene rings is 2. The van der Waals surface area contributed by atoms with Crippen molar-refractivity contribution < 1.29 is 13.2 Å². The molecule has 1 aliphatic heterocycles. The van der Waals surface area contributed by atoms with E-state index in [0.717, 1.165) is 16.8 Å². The lowest BCUT2D eigenvalue weighted by Gasteiger charge is -2.14. The number of aromatic nitrogens is 2.